The lowest BCUT2D eigenvalue weighted by Gasteiger charge is -2.25. The first kappa shape index (κ1) is 21.6. The van der Waals surface area contributed by atoms with E-state index < -0.39 is 0 Å². The molecule has 7 nitrogen and oxygen atoms in total. The highest BCUT2D eigenvalue weighted by Crippen LogP contribution is 2.30. The average Bonchev–Trinajstić information content (AvgIpc) is 3.23. The van der Waals surface area contributed by atoms with Crippen molar-refractivity contribution < 1.29 is 9.47 Å². The highest BCUT2D eigenvalue weighted by atomic mass is 16.5. The van der Waals surface area contributed by atoms with E-state index in [1.54, 1.807) is 14.2 Å². The number of rotatable bonds is 8. The second kappa shape index (κ2) is 11.1. The number of hydrogen-bond acceptors (Lipinski definition) is 5. The van der Waals surface area contributed by atoms with E-state index >= 15 is 0 Å². The summed E-state index contributed by atoms with van der Waals surface area (Å²) in [6.07, 6.45) is 5.11. The van der Waals surface area contributed by atoms with E-state index in [0.29, 0.717) is 6.04 Å². The van der Waals surface area contributed by atoms with Gasteiger partial charge in [0.15, 0.2) is 5.96 Å². The molecule has 2 aliphatic rings. The van der Waals surface area contributed by atoms with Crippen LogP contribution in [0.1, 0.15) is 32.6 Å². The summed E-state index contributed by atoms with van der Waals surface area (Å²) in [5.41, 5.74) is 1.14. The first-order valence-corrected chi connectivity index (χ1v) is 11.0. The molecule has 1 aromatic rings. The zero-order chi connectivity index (χ0) is 20.5. The number of nitrogens with zero attached hydrogens (tertiary/aromatic N) is 3. The van der Waals surface area contributed by atoms with Gasteiger partial charge in [0, 0.05) is 56.1 Å². The third-order valence-corrected chi connectivity index (χ3v) is 5.71. The highest BCUT2D eigenvalue weighted by molar-refractivity contribution is 5.80. The molecular formula is C22H37N5O2. The molecule has 2 fully saturated rings. The molecule has 2 N–H and O–H groups in total. The molecule has 0 spiro atoms. The number of methoxy groups -OCH3 is 2. The molecule has 0 aliphatic carbocycles. The van der Waals surface area contributed by atoms with Gasteiger partial charge in [-0.05, 0) is 39.3 Å². The molecule has 1 aromatic carbocycles. The normalized spacial score (nSPS) is 20.6. The molecule has 0 amide bonds. The molecule has 0 saturated carbocycles. The Hall–Kier alpha value is -2.15. The molecule has 162 valence electrons. The number of anilines is 1. The van der Waals surface area contributed by atoms with E-state index in [2.05, 4.69) is 39.5 Å². The van der Waals surface area contributed by atoms with Crippen LogP contribution in [0.4, 0.5) is 5.69 Å². The van der Waals surface area contributed by atoms with E-state index in [0.717, 1.165) is 62.3 Å². The second-order valence-electron chi connectivity index (χ2n) is 7.81. The monoisotopic (exact) mass is 403 g/mol. The summed E-state index contributed by atoms with van der Waals surface area (Å²) in [6, 6.07) is 6.43. The smallest absolute Gasteiger partial charge is 0.191 e. The zero-order valence-corrected chi connectivity index (χ0v) is 18.2. The van der Waals surface area contributed by atoms with Crippen molar-refractivity contribution in [1.29, 1.82) is 0 Å². The van der Waals surface area contributed by atoms with E-state index in [4.69, 9.17) is 14.5 Å². The van der Waals surface area contributed by atoms with Gasteiger partial charge in [0.1, 0.15) is 11.5 Å². The standard InChI is InChI=1S/C22H37N5O2/c1-4-23-22(24-9-13-26-10-6-5-7-11-26)25-18-8-12-27(17-18)19-14-20(28-2)16-21(15-19)29-3/h14-16,18H,4-13,17H2,1-3H3,(H2,23,24,25). The number of guanidine groups is 1. The van der Waals surface area contributed by atoms with Crippen LogP contribution in [0.15, 0.2) is 23.2 Å². The van der Waals surface area contributed by atoms with Gasteiger partial charge in [-0.2, -0.15) is 0 Å². The number of benzene rings is 1. The molecule has 0 aromatic heterocycles. The van der Waals surface area contributed by atoms with Gasteiger partial charge in [0.25, 0.3) is 0 Å². The summed E-state index contributed by atoms with van der Waals surface area (Å²) in [6.45, 7) is 9.27. The fourth-order valence-corrected chi connectivity index (χ4v) is 4.09. The van der Waals surface area contributed by atoms with Crippen molar-refractivity contribution >= 4 is 11.6 Å². The Labute approximate surface area is 175 Å². The molecular weight excluding hydrogens is 366 g/mol. The first-order chi connectivity index (χ1) is 14.2. The van der Waals surface area contributed by atoms with Crippen LogP contribution in [-0.2, 0) is 0 Å². The van der Waals surface area contributed by atoms with Crippen molar-refractivity contribution in [3.05, 3.63) is 18.2 Å². The van der Waals surface area contributed by atoms with Gasteiger partial charge < -0.3 is 29.9 Å². The third-order valence-electron chi connectivity index (χ3n) is 5.71. The summed E-state index contributed by atoms with van der Waals surface area (Å²) in [5.74, 6) is 2.58. The van der Waals surface area contributed by atoms with Gasteiger partial charge in [-0.25, -0.2) is 0 Å². The van der Waals surface area contributed by atoms with Crippen LogP contribution in [0, 0.1) is 0 Å². The lowest BCUT2D eigenvalue weighted by Crippen LogP contribution is -2.45. The third kappa shape index (κ3) is 6.42. The van der Waals surface area contributed by atoms with Crippen LogP contribution < -0.4 is 25.0 Å². The maximum Gasteiger partial charge on any atom is 0.191 e. The Kier molecular flexibility index (Phi) is 8.28. The average molecular weight is 404 g/mol. The summed E-state index contributed by atoms with van der Waals surface area (Å²) < 4.78 is 10.8. The first-order valence-electron chi connectivity index (χ1n) is 11.0. The van der Waals surface area contributed by atoms with Gasteiger partial charge in [0.2, 0.25) is 0 Å². The fourth-order valence-electron chi connectivity index (χ4n) is 4.09. The van der Waals surface area contributed by atoms with Gasteiger partial charge in [-0.1, -0.05) is 6.42 Å². The number of likely N-dealkylation sites (tertiary alicyclic amines) is 1. The van der Waals surface area contributed by atoms with Crippen molar-refractivity contribution in [1.82, 2.24) is 15.5 Å². The molecule has 1 atom stereocenters. The molecule has 2 saturated heterocycles. The SMILES string of the molecule is CCNC(=NCCN1CCCCC1)NC1CCN(c2cc(OC)cc(OC)c2)C1. The molecule has 2 aliphatic heterocycles. The molecule has 3 rings (SSSR count). The van der Waals surface area contributed by atoms with Crippen molar-refractivity contribution in [2.45, 2.75) is 38.6 Å². The van der Waals surface area contributed by atoms with Crippen LogP contribution in [0.5, 0.6) is 11.5 Å². The molecule has 2 heterocycles. The number of hydrogen-bond donors (Lipinski definition) is 2. The van der Waals surface area contributed by atoms with Crippen LogP contribution in [-0.4, -0.2) is 76.9 Å². The Balaban J connectivity index is 1.54. The molecule has 7 heteroatoms. The van der Waals surface area contributed by atoms with Crippen molar-refractivity contribution in [2.24, 2.45) is 4.99 Å². The molecule has 0 radical (unpaired) electrons. The number of nitrogens with one attached hydrogen (secondary N) is 2. The Bertz CT molecular complexity index is 638. The van der Waals surface area contributed by atoms with E-state index in [-0.39, 0.29) is 0 Å². The largest absolute Gasteiger partial charge is 0.497 e. The van der Waals surface area contributed by atoms with Crippen molar-refractivity contribution in [3.8, 4) is 11.5 Å². The lowest BCUT2D eigenvalue weighted by molar-refractivity contribution is 0.235. The Morgan fingerprint density at radius 1 is 1.07 bits per heavy atom. The minimum Gasteiger partial charge on any atom is -0.497 e. The van der Waals surface area contributed by atoms with Crippen LogP contribution in [0.3, 0.4) is 0 Å². The quantitative estimate of drug-likeness (QED) is 0.513. The fraction of sp³-hybridized carbons (Fsp3) is 0.682. The minimum atomic E-state index is 0.375. The van der Waals surface area contributed by atoms with E-state index in [9.17, 15) is 0 Å². The zero-order valence-electron chi connectivity index (χ0n) is 18.2. The van der Waals surface area contributed by atoms with Crippen LogP contribution in [0.25, 0.3) is 0 Å². The Morgan fingerprint density at radius 3 is 2.45 bits per heavy atom. The lowest BCUT2D eigenvalue weighted by atomic mass is 10.1. The van der Waals surface area contributed by atoms with Gasteiger partial charge in [0.05, 0.1) is 20.8 Å². The predicted octanol–water partition coefficient (Wildman–Crippen LogP) is 2.32. The van der Waals surface area contributed by atoms with Crippen LogP contribution in [0.2, 0.25) is 0 Å². The predicted molar refractivity (Wildman–Crippen MR) is 120 cm³/mol. The number of piperidine rings is 1. The molecule has 1 unspecified atom stereocenters. The summed E-state index contributed by atoms with van der Waals surface area (Å²) >= 11 is 0. The van der Waals surface area contributed by atoms with Gasteiger partial charge >= 0.3 is 0 Å². The van der Waals surface area contributed by atoms with Gasteiger partial charge in [-0.3, -0.25) is 4.99 Å². The topological polar surface area (TPSA) is 61.4 Å². The Morgan fingerprint density at radius 2 is 1.79 bits per heavy atom. The summed E-state index contributed by atoms with van der Waals surface area (Å²) in [5, 5.41) is 7.03. The van der Waals surface area contributed by atoms with E-state index in [1.807, 2.05) is 6.07 Å². The summed E-state index contributed by atoms with van der Waals surface area (Å²) in [7, 11) is 3.38. The van der Waals surface area contributed by atoms with Crippen molar-refractivity contribution in [3.63, 3.8) is 0 Å². The minimum absolute atomic E-state index is 0.375. The second-order valence-corrected chi connectivity index (χ2v) is 7.81. The van der Waals surface area contributed by atoms with Crippen molar-refractivity contribution in [2.75, 3.05) is 64.9 Å². The summed E-state index contributed by atoms with van der Waals surface area (Å²) in [4.78, 5) is 9.72. The maximum atomic E-state index is 5.42. The van der Waals surface area contributed by atoms with E-state index in [1.165, 1.54) is 32.4 Å². The molecule has 29 heavy (non-hydrogen) atoms. The maximum absolute atomic E-state index is 5.42. The number of ether oxygens (including phenoxy) is 2. The van der Waals surface area contributed by atoms with Gasteiger partial charge in [-0.15, -0.1) is 0 Å². The molecule has 0 bridgehead atoms. The van der Waals surface area contributed by atoms with Crippen LogP contribution >= 0.6 is 0 Å². The number of aliphatic imine (C=N–C) groups is 1. The highest BCUT2D eigenvalue weighted by Gasteiger charge is 2.24.